The molecule has 18 heavy (non-hydrogen) atoms. The van der Waals surface area contributed by atoms with E-state index < -0.39 is 0 Å². The standard InChI is InChI=1S/C15H16ClNO/c16-11-6-7-14-13(10-11)15(18)8-9-17(14)12-4-2-1-3-5-12/h6-10,12H,1-5H2. The lowest BCUT2D eigenvalue weighted by Gasteiger charge is -2.26. The lowest BCUT2D eigenvalue weighted by atomic mass is 9.95. The third kappa shape index (κ3) is 2.05. The van der Waals surface area contributed by atoms with Crippen LogP contribution in [0.1, 0.15) is 38.1 Å². The molecule has 0 N–H and O–H groups in total. The largest absolute Gasteiger partial charge is 0.344 e. The summed E-state index contributed by atoms with van der Waals surface area (Å²) in [6.45, 7) is 0. The number of rotatable bonds is 1. The number of pyridine rings is 1. The lowest BCUT2D eigenvalue weighted by molar-refractivity contribution is 0.359. The molecule has 1 heterocycles. The summed E-state index contributed by atoms with van der Waals surface area (Å²) in [5, 5.41) is 1.36. The monoisotopic (exact) mass is 261 g/mol. The van der Waals surface area contributed by atoms with Crippen LogP contribution >= 0.6 is 11.6 Å². The van der Waals surface area contributed by atoms with Gasteiger partial charge in [0, 0.05) is 28.7 Å². The zero-order valence-electron chi connectivity index (χ0n) is 10.2. The van der Waals surface area contributed by atoms with Crippen molar-refractivity contribution >= 4 is 22.5 Å². The number of aromatic nitrogens is 1. The molecule has 1 aliphatic carbocycles. The van der Waals surface area contributed by atoms with Gasteiger partial charge in [-0.25, -0.2) is 0 Å². The van der Waals surface area contributed by atoms with Gasteiger partial charge in [-0.2, -0.15) is 0 Å². The Morgan fingerprint density at radius 3 is 2.67 bits per heavy atom. The van der Waals surface area contributed by atoms with E-state index in [1.54, 1.807) is 12.1 Å². The van der Waals surface area contributed by atoms with E-state index in [0.717, 1.165) is 10.9 Å². The van der Waals surface area contributed by atoms with Crippen molar-refractivity contribution in [2.75, 3.05) is 0 Å². The highest BCUT2D eigenvalue weighted by atomic mass is 35.5. The molecule has 0 amide bonds. The number of nitrogens with zero attached hydrogens (tertiary/aromatic N) is 1. The molecule has 0 spiro atoms. The molecule has 0 bridgehead atoms. The molecular formula is C15H16ClNO. The molecule has 2 nitrogen and oxygen atoms in total. The fraction of sp³-hybridized carbons (Fsp3) is 0.400. The molecule has 1 aliphatic rings. The van der Waals surface area contributed by atoms with Crippen molar-refractivity contribution in [1.29, 1.82) is 0 Å². The predicted octanol–water partition coefficient (Wildman–Crippen LogP) is 4.16. The predicted molar refractivity (Wildman–Crippen MR) is 75.3 cm³/mol. The van der Waals surface area contributed by atoms with Crippen LogP contribution in [0.5, 0.6) is 0 Å². The van der Waals surface area contributed by atoms with Gasteiger partial charge in [0.05, 0.1) is 5.52 Å². The van der Waals surface area contributed by atoms with Crippen molar-refractivity contribution in [1.82, 2.24) is 4.57 Å². The normalized spacial score (nSPS) is 17.2. The highest BCUT2D eigenvalue weighted by molar-refractivity contribution is 6.31. The summed E-state index contributed by atoms with van der Waals surface area (Å²) in [5.74, 6) is 0. The van der Waals surface area contributed by atoms with E-state index in [2.05, 4.69) is 4.57 Å². The van der Waals surface area contributed by atoms with Crippen LogP contribution in [-0.2, 0) is 0 Å². The van der Waals surface area contributed by atoms with Gasteiger partial charge in [-0.05, 0) is 31.0 Å². The summed E-state index contributed by atoms with van der Waals surface area (Å²) in [4.78, 5) is 11.9. The summed E-state index contributed by atoms with van der Waals surface area (Å²) in [5.41, 5.74) is 1.07. The third-order valence-corrected chi connectivity index (χ3v) is 4.09. The lowest BCUT2D eigenvalue weighted by Crippen LogP contribution is -2.16. The summed E-state index contributed by atoms with van der Waals surface area (Å²) < 4.78 is 2.26. The van der Waals surface area contributed by atoms with E-state index in [1.807, 2.05) is 18.3 Å². The van der Waals surface area contributed by atoms with Gasteiger partial charge in [0.25, 0.3) is 0 Å². The summed E-state index contributed by atoms with van der Waals surface area (Å²) in [6.07, 6.45) is 8.26. The van der Waals surface area contributed by atoms with Crippen LogP contribution in [0, 0.1) is 0 Å². The van der Waals surface area contributed by atoms with Gasteiger partial charge in [0.2, 0.25) is 0 Å². The molecule has 0 atom stereocenters. The third-order valence-electron chi connectivity index (χ3n) is 3.86. The Labute approximate surface area is 111 Å². The Morgan fingerprint density at radius 2 is 1.89 bits per heavy atom. The highest BCUT2D eigenvalue weighted by Gasteiger charge is 2.16. The average Bonchev–Trinajstić information content (AvgIpc) is 2.41. The first-order chi connectivity index (χ1) is 8.75. The second kappa shape index (κ2) is 4.77. The number of hydrogen-bond donors (Lipinski definition) is 0. The van der Waals surface area contributed by atoms with Crippen molar-refractivity contribution in [2.24, 2.45) is 0 Å². The molecule has 3 rings (SSSR count). The molecule has 1 aromatic heterocycles. The van der Waals surface area contributed by atoms with E-state index in [1.165, 1.54) is 32.1 Å². The van der Waals surface area contributed by atoms with Crippen molar-refractivity contribution in [3.05, 3.63) is 45.7 Å². The van der Waals surface area contributed by atoms with Crippen molar-refractivity contribution in [3.8, 4) is 0 Å². The molecule has 0 radical (unpaired) electrons. The van der Waals surface area contributed by atoms with Crippen LogP contribution in [0.25, 0.3) is 10.9 Å². The minimum absolute atomic E-state index is 0.0551. The van der Waals surface area contributed by atoms with E-state index in [0.29, 0.717) is 11.1 Å². The minimum Gasteiger partial charge on any atom is -0.344 e. The highest BCUT2D eigenvalue weighted by Crippen LogP contribution is 2.30. The van der Waals surface area contributed by atoms with E-state index in [4.69, 9.17) is 11.6 Å². The Morgan fingerprint density at radius 1 is 1.11 bits per heavy atom. The average molecular weight is 262 g/mol. The van der Waals surface area contributed by atoms with Gasteiger partial charge in [-0.15, -0.1) is 0 Å². The van der Waals surface area contributed by atoms with Gasteiger partial charge in [-0.3, -0.25) is 4.79 Å². The molecule has 1 saturated carbocycles. The molecule has 0 aliphatic heterocycles. The smallest absolute Gasteiger partial charge is 0.189 e. The summed E-state index contributed by atoms with van der Waals surface area (Å²) >= 11 is 5.98. The van der Waals surface area contributed by atoms with Crippen LogP contribution in [0.15, 0.2) is 35.3 Å². The number of fused-ring (bicyclic) bond motifs is 1. The molecule has 1 aromatic carbocycles. The van der Waals surface area contributed by atoms with E-state index in [-0.39, 0.29) is 5.43 Å². The van der Waals surface area contributed by atoms with Crippen LogP contribution in [0.4, 0.5) is 0 Å². The fourth-order valence-electron chi connectivity index (χ4n) is 2.93. The Hall–Kier alpha value is -1.28. The topological polar surface area (TPSA) is 22.0 Å². The SMILES string of the molecule is O=c1ccn(C2CCCCC2)c2ccc(Cl)cc12. The van der Waals surface area contributed by atoms with Crippen LogP contribution in [0.3, 0.4) is 0 Å². The van der Waals surface area contributed by atoms with Gasteiger partial charge in [0.15, 0.2) is 5.43 Å². The number of benzene rings is 1. The maximum absolute atomic E-state index is 11.9. The first kappa shape index (κ1) is 11.8. The van der Waals surface area contributed by atoms with Crippen molar-refractivity contribution in [2.45, 2.75) is 38.1 Å². The van der Waals surface area contributed by atoms with Crippen molar-refractivity contribution in [3.63, 3.8) is 0 Å². The molecule has 0 saturated heterocycles. The Kier molecular flexibility index (Phi) is 3.13. The van der Waals surface area contributed by atoms with E-state index >= 15 is 0 Å². The summed E-state index contributed by atoms with van der Waals surface area (Å²) in [6, 6.07) is 7.80. The van der Waals surface area contributed by atoms with Crippen molar-refractivity contribution < 1.29 is 0 Å². The molecule has 0 unspecified atom stereocenters. The van der Waals surface area contributed by atoms with Gasteiger partial charge < -0.3 is 4.57 Å². The summed E-state index contributed by atoms with van der Waals surface area (Å²) in [7, 11) is 0. The quantitative estimate of drug-likeness (QED) is 0.756. The van der Waals surface area contributed by atoms with Crippen LogP contribution in [0.2, 0.25) is 5.02 Å². The van der Waals surface area contributed by atoms with E-state index in [9.17, 15) is 4.79 Å². The molecule has 1 fully saturated rings. The molecular weight excluding hydrogens is 246 g/mol. The first-order valence-electron chi connectivity index (χ1n) is 6.56. The van der Waals surface area contributed by atoms with Crippen LogP contribution < -0.4 is 5.43 Å². The maximum atomic E-state index is 11.9. The Bertz CT molecular complexity index is 626. The van der Waals surface area contributed by atoms with Gasteiger partial charge in [0.1, 0.15) is 0 Å². The minimum atomic E-state index is 0.0551. The Balaban J connectivity index is 2.17. The second-order valence-corrected chi connectivity index (χ2v) is 5.48. The number of halogens is 1. The zero-order chi connectivity index (χ0) is 12.5. The first-order valence-corrected chi connectivity index (χ1v) is 6.94. The molecule has 94 valence electrons. The number of hydrogen-bond acceptors (Lipinski definition) is 1. The molecule has 2 aromatic rings. The zero-order valence-corrected chi connectivity index (χ0v) is 11.0. The van der Waals surface area contributed by atoms with Gasteiger partial charge in [-0.1, -0.05) is 30.9 Å². The van der Waals surface area contributed by atoms with Gasteiger partial charge >= 0.3 is 0 Å². The maximum Gasteiger partial charge on any atom is 0.189 e. The van der Waals surface area contributed by atoms with Crippen LogP contribution in [-0.4, -0.2) is 4.57 Å². The molecule has 3 heteroatoms. The fourth-order valence-corrected chi connectivity index (χ4v) is 3.10. The second-order valence-electron chi connectivity index (χ2n) is 5.04.